The third-order valence-electron chi connectivity index (χ3n) is 6.14. The molecule has 12 heteroatoms. The molecule has 2 aromatic heterocycles. The molecule has 1 aliphatic rings. The summed E-state index contributed by atoms with van der Waals surface area (Å²) in [4.78, 5) is 31.5. The largest absolute Gasteiger partial charge is 0.497 e. The first-order valence-corrected chi connectivity index (χ1v) is 14.1. The van der Waals surface area contributed by atoms with Crippen LogP contribution in [-0.2, 0) is 21.2 Å². The van der Waals surface area contributed by atoms with Crippen LogP contribution in [0.4, 0.5) is 0 Å². The Morgan fingerprint density at radius 1 is 1.19 bits per heavy atom. The van der Waals surface area contributed by atoms with Gasteiger partial charge in [-0.3, -0.25) is 20.2 Å². The summed E-state index contributed by atoms with van der Waals surface area (Å²) < 4.78 is 30.9. The summed E-state index contributed by atoms with van der Waals surface area (Å²) in [5.74, 6) is 0.295. The second-order valence-electron chi connectivity index (χ2n) is 8.69. The van der Waals surface area contributed by atoms with E-state index in [4.69, 9.17) is 4.74 Å². The number of benzene rings is 1. The lowest BCUT2D eigenvalue weighted by molar-refractivity contribution is -0.166. The minimum absolute atomic E-state index is 0.0187. The van der Waals surface area contributed by atoms with Crippen LogP contribution in [0.1, 0.15) is 34.5 Å². The third kappa shape index (κ3) is 6.72. The van der Waals surface area contributed by atoms with Crippen LogP contribution in [0.3, 0.4) is 0 Å². The molecule has 1 saturated heterocycles. The zero-order valence-electron chi connectivity index (χ0n) is 20.2. The number of amides is 2. The number of ether oxygens (including phenoxy) is 1. The molecule has 0 radical (unpaired) electrons. The predicted molar refractivity (Wildman–Crippen MR) is 136 cm³/mol. The highest BCUT2D eigenvalue weighted by atomic mass is 32.2. The molecule has 0 atom stereocenters. The van der Waals surface area contributed by atoms with Gasteiger partial charge in [0.25, 0.3) is 5.91 Å². The lowest BCUT2D eigenvalue weighted by atomic mass is 9.93. The zero-order chi connectivity index (χ0) is 26.4. The number of hydrogen-bond acceptors (Lipinski definition) is 9. The molecule has 10 nitrogen and oxygen atoms in total. The molecule has 2 N–H and O–H groups in total. The standard InChI is InChI=1S/C25H28N4O6S2/c1-35-20-4-6-21(7-5-20)37(33,34)24-16-19(8-11-26-24)17-29(32)27-23(30)15-18-9-12-28(13-10-18)25(31)22-3-2-14-36-22/h2-8,11,14,16,18,32H,9-10,12-13,15,17H2,1H3,(H,27,30). The Kier molecular flexibility index (Phi) is 8.54. The minimum Gasteiger partial charge on any atom is -0.497 e. The fraction of sp³-hybridized carbons (Fsp3) is 0.320. The lowest BCUT2D eigenvalue weighted by Crippen LogP contribution is -2.42. The predicted octanol–water partition coefficient (Wildman–Crippen LogP) is 3.15. The summed E-state index contributed by atoms with van der Waals surface area (Å²) in [6.07, 6.45) is 2.96. The third-order valence-corrected chi connectivity index (χ3v) is 8.66. The highest BCUT2D eigenvalue weighted by molar-refractivity contribution is 7.91. The number of nitrogens with zero attached hydrogens (tertiary/aromatic N) is 3. The van der Waals surface area contributed by atoms with Crippen molar-refractivity contribution in [2.75, 3.05) is 20.2 Å². The number of thiophene rings is 1. The molecule has 0 saturated carbocycles. The van der Waals surface area contributed by atoms with Gasteiger partial charge in [0, 0.05) is 25.7 Å². The van der Waals surface area contributed by atoms with Crippen molar-refractivity contribution in [1.29, 1.82) is 0 Å². The number of hydrogen-bond donors (Lipinski definition) is 2. The molecule has 1 aliphatic heterocycles. The number of piperidine rings is 1. The van der Waals surface area contributed by atoms with Crippen molar-refractivity contribution in [1.82, 2.24) is 20.5 Å². The SMILES string of the molecule is COc1ccc(S(=O)(=O)c2cc(CN(O)NC(=O)CC3CCN(C(=O)c4cccs4)CC3)ccn2)cc1. The highest BCUT2D eigenvalue weighted by Crippen LogP contribution is 2.24. The molecule has 1 fully saturated rings. The molecule has 0 spiro atoms. The summed E-state index contributed by atoms with van der Waals surface area (Å²) >= 11 is 1.42. The Labute approximate surface area is 219 Å². The van der Waals surface area contributed by atoms with Gasteiger partial charge < -0.3 is 9.64 Å². The number of hydroxylamine groups is 1. The molecule has 3 aromatic rings. The van der Waals surface area contributed by atoms with E-state index in [1.807, 2.05) is 17.5 Å². The number of pyridine rings is 1. The van der Waals surface area contributed by atoms with Gasteiger partial charge in [-0.05, 0) is 72.2 Å². The Morgan fingerprint density at radius 2 is 1.92 bits per heavy atom. The first-order valence-electron chi connectivity index (χ1n) is 11.7. The Bertz CT molecular complexity index is 1320. The number of rotatable bonds is 9. The van der Waals surface area contributed by atoms with Crippen LogP contribution in [0.2, 0.25) is 0 Å². The Hall–Kier alpha value is -3.32. The van der Waals surface area contributed by atoms with Crippen molar-refractivity contribution in [2.45, 2.75) is 35.7 Å². The van der Waals surface area contributed by atoms with Crippen LogP contribution in [0.15, 0.2) is 70.0 Å². The topological polar surface area (TPSA) is 129 Å². The van der Waals surface area contributed by atoms with Gasteiger partial charge in [0.2, 0.25) is 15.7 Å². The summed E-state index contributed by atoms with van der Waals surface area (Å²) in [7, 11) is -2.38. The molecule has 0 bridgehead atoms. The van der Waals surface area contributed by atoms with E-state index < -0.39 is 9.84 Å². The Morgan fingerprint density at radius 3 is 2.57 bits per heavy atom. The number of methoxy groups -OCH3 is 1. The summed E-state index contributed by atoms with van der Waals surface area (Å²) in [5.41, 5.74) is 2.87. The van der Waals surface area contributed by atoms with Gasteiger partial charge in [-0.1, -0.05) is 11.2 Å². The maximum Gasteiger partial charge on any atom is 0.263 e. The monoisotopic (exact) mass is 544 g/mol. The molecular formula is C25H28N4O6S2. The first kappa shape index (κ1) is 26.7. The van der Waals surface area contributed by atoms with Gasteiger partial charge >= 0.3 is 0 Å². The van der Waals surface area contributed by atoms with Gasteiger partial charge in [0.15, 0.2) is 5.03 Å². The summed E-state index contributed by atoms with van der Waals surface area (Å²) in [5, 5.41) is 12.6. The van der Waals surface area contributed by atoms with Gasteiger partial charge in [-0.2, -0.15) is 0 Å². The quantitative estimate of drug-likeness (QED) is 0.393. The van der Waals surface area contributed by atoms with E-state index in [0.717, 1.165) is 0 Å². The van der Waals surface area contributed by atoms with Crippen molar-refractivity contribution in [2.24, 2.45) is 5.92 Å². The molecule has 196 valence electrons. The molecule has 2 amide bonds. The average Bonchev–Trinajstić information content (AvgIpc) is 3.44. The van der Waals surface area contributed by atoms with Gasteiger partial charge in [-0.15, -0.1) is 11.3 Å². The van der Waals surface area contributed by atoms with Crippen molar-refractivity contribution in [3.05, 3.63) is 70.5 Å². The summed E-state index contributed by atoms with van der Waals surface area (Å²) in [6.45, 7) is 1.03. The van der Waals surface area contributed by atoms with Crippen molar-refractivity contribution in [3.8, 4) is 5.75 Å². The number of likely N-dealkylation sites (tertiary alicyclic amines) is 1. The van der Waals surface area contributed by atoms with Crippen LogP contribution in [0.5, 0.6) is 5.75 Å². The number of aromatic nitrogens is 1. The second kappa shape index (κ2) is 11.8. The number of carbonyl (C=O) groups excluding carboxylic acids is 2. The van der Waals surface area contributed by atoms with E-state index in [-0.39, 0.29) is 40.6 Å². The lowest BCUT2D eigenvalue weighted by Gasteiger charge is -2.31. The molecular weight excluding hydrogens is 516 g/mol. The van der Waals surface area contributed by atoms with Crippen molar-refractivity contribution < 1.29 is 28.0 Å². The van der Waals surface area contributed by atoms with E-state index in [1.165, 1.54) is 42.8 Å². The zero-order valence-corrected chi connectivity index (χ0v) is 21.9. The first-order chi connectivity index (χ1) is 17.8. The Balaban J connectivity index is 1.28. The highest BCUT2D eigenvalue weighted by Gasteiger charge is 2.26. The van der Waals surface area contributed by atoms with Gasteiger partial charge in [0.1, 0.15) is 5.75 Å². The van der Waals surface area contributed by atoms with E-state index in [9.17, 15) is 23.2 Å². The second-order valence-corrected chi connectivity index (χ2v) is 11.5. The average molecular weight is 545 g/mol. The smallest absolute Gasteiger partial charge is 0.263 e. The summed E-state index contributed by atoms with van der Waals surface area (Å²) in [6, 6.07) is 12.5. The number of hydrazine groups is 1. The maximum absolute atomic E-state index is 12.9. The number of sulfone groups is 1. The van der Waals surface area contributed by atoms with Crippen LogP contribution >= 0.6 is 11.3 Å². The van der Waals surface area contributed by atoms with E-state index in [0.29, 0.717) is 47.3 Å². The van der Waals surface area contributed by atoms with E-state index in [1.54, 1.807) is 23.1 Å². The van der Waals surface area contributed by atoms with Crippen LogP contribution < -0.4 is 10.2 Å². The number of nitrogens with one attached hydrogen (secondary N) is 1. The molecule has 0 unspecified atom stereocenters. The minimum atomic E-state index is -3.87. The van der Waals surface area contributed by atoms with Gasteiger partial charge in [-0.25, -0.2) is 13.4 Å². The van der Waals surface area contributed by atoms with Crippen LogP contribution in [-0.4, -0.2) is 60.7 Å². The van der Waals surface area contributed by atoms with E-state index >= 15 is 0 Å². The molecule has 3 heterocycles. The fourth-order valence-corrected chi connectivity index (χ4v) is 6.06. The number of carbonyl (C=O) groups is 2. The molecule has 37 heavy (non-hydrogen) atoms. The van der Waals surface area contributed by atoms with E-state index in [2.05, 4.69) is 10.4 Å². The van der Waals surface area contributed by atoms with Gasteiger partial charge in [0.05, 0.1) is 23.4 Å². The van der Waals surface area contributed by atoms with Crippen molar-refractivity contribution in [3.63, 3.8) is 0 Å². The molecule has 0 aliphatic carbocycles. The van der Waals surface area contributed by atoms with Crippen LogP contribution in [0.25, 0.3) is 0 Å². The molecule has 1 aromatic carbocycles. The van der Waals surface area contributed by atoms with Crippen molar-refractivity contribution >= 4 is 33.0 Å². The normalized spacial score (nSPS) is 14.5. The maximum atomic E-state index is 12.9. The van der Waals surface area contributed by atoms with Crippen LogP contribution in [0, 0.1) is 5.92 Å². The fourth-order valence-electron chi connectivity index (χ4n) is 4.13. The molecule has 4 rings (SSSR count).